The van der Waals surface area contributed by atoms with Crippen molar-refractivity contribution in [2.45, 2.75) is 33.0 Å². The molecule has 1 fully saturated rings. The van der Waals surface area contributed by atoms with Crippen LogP contribution < -0.4 is 5.32 Å². The van der Waals surface area contributed by atoms with Gasteiger partial charge in [-0.25, -0.2) is 4.98 Å². The van der Waals surface area contributed by atoms with Crippen molar-refractivity contribution in [2.24, 2.45) is 11.8 Å². The van der Waals surface area contributed by atoms with Crippen LogP contribution >= 0.6 is 15.9 Å². The molecule has 0 bridgehead atoms. The van der Waals surface area contributed by atoms with Crippen LogP contribution in [0.1, 0.15) is 20.8 Å². The van der Waals surface area contributed by atoms with E-state index in [0.717, 1.165) is 4.47 Å². The highest BCUT2D eigenvalue weighted by Crippen LogP contribution is 2.32. The third-order valence-electron chi connectivity index (χ3n) is 3.52. The molecule has 4 atom stereocenters. The first-order valence-corrected chi connectivity index (χ1v) is 6.86. The summed E-state index contributed by atoms with van der Waals surface area (Å²) in [7, 11) is 0. The number of nitrogens with zero attached hydrogens (tertiary/aromatic N) is 1. The second-order valence-corrected chi connectivity index (χ2v) is 5.70. The number of anilines is 1. The Labute approximate surface area is 115 Å². The molecule has 98 valence electrons. The van der Waals surface area contributed by atoms with Crippen molar-refractivity contribution in [3.8, 4) is 0 Å². The largest absolute Gasteiger partial charge is 0.374 e. The molecule has 4 unspecified atom stereocenters. The minimum Gasteiger partial charge on any atom is -0.374 e. The van der Waals surface area contributed by atoms with Crippen LogP contribution in [0.25, 0.3) is 0 Å². The number of ether oxygens (including phenoxy) is 1. The van der Waals surface area contributed by atoms with Gasteiger partial charge in [-0.3, -0.25) is 4.79 Å². The normalized spacial score (nSPS) is 31.3. The Morgan fingerprint density at radius 2 is 2.11 bits per heavy atom. The molecule has 2 heterocycles. The monoisotopic (exact) mass is 312 g/mol. The fourth-order valence-corrected chi connectivity index (χ4v) is 2.74. The van der Waals surface area contributed by atoms with E-state index < -0.39 is 0 Å². The lowest BCUT2D eigenvalue weighted by Crippen LogP contribution is -2.32. The van der Waals surface area contributed by atoms with E-state index in [1.165, 1.54) is 0 Å². The van der Waals surface area contributed by atoms with Gasteiger partial charge >= 0.3 is 0 Å². The van der Waals surface area contributed by atoms with Gasteiger partial charge in [-0.1, -0.05) is 22.9 Å². The summed E-state index contributed by atoms with van der Waals surface area (Å²) in [4.78, 5) is 16.4. The lowest BCUT2D eigenvalue weighted by molar-refractivity contribution is -0.122. The van der Waals surface area contributed by atoms with E-state index in [2.05, 4.69) is 26.2 Å². The van der Waals surface area contributed by atoms with Crippen LogP contribution in [0.4, 0.5) is 5.82 Å². The molecule has 2 rings (SSSR count). The van der Waals surface area contributed by atoms with Gasteiger partial charge < -0.3 is 10.1 Å². The number of rotatable bonds is 2. The summed E-state index contributed by atoms with van der Waals surface area (Å²) < 4.78 is 6.57. The summed E-state index contributed by atoms with van der Waals surface area (Å²) in [5.41, 5.74) is 0. The quantitative estimate of drug-likeness (QED) is 0.913. The standard InChI is InChI=1S/C13H17BrN2O2/c1-7-8(2)18-9(3)12(7)13(17)16-11-6-10(14)4-5-15-11/h4-9,12H,1-3H3,(H,15,16,17). The third kappa shape index (κ3) is 2.72. The molecule has 1 aromatic heterocycles. The van der Waals surface area contributed by atoms with Crippen LogP contribution in [0.3, 0.4) is 0 Å². The van der Waals surface area contributed by atoms with Gasteiger partial charge in [0, 0.05) is 10.7 Å². The van der Waals surface area contributed by atoms with Gasteiger partial charge in [-0.15, -0.1) is 0 Å². The Kier molecular flexibility index (Phi) is 4.02. The molecule has 1 saturated heterocycles. The average molecular weight is 313 g/mol. The Morgan fingerprint density at radius 3 is 2.67 bits per heavy atom. The molecule has 0 aliphatic carbocycles. The molecule has 5 heteroatoms. The highest BCUT2D eigenvalue weighted by Gasteiger charge is 2.41. The molecule has 0 saturated carbocycles. The number of halogens is 1. The first kappa shape index (κ1) is 13.5. The Balaban J connectivity index is 2.08. The van der Waals surface area contributed by atoms with Crippen LogP contribution in [0, 0.1) is 11.8 Å². The van der Waals surface area contributed by atoms with Gasteiger partial charge in [0.05, 0.1) is 18.1 Å². The zero-order chi connectivity index (χ0) is 13.3. The first-order chi connectivity index (χ1) is 8.49. The van der Waals surface area contributed by atoms with Crippen molar-refractivity contribution in [3.63, 3.8) is 0 Å². The zero-order valence-corrected chi connectivity index (χ0v) is 12.3. The lowest BCUT2D eigenvalue weighted by atomic mass is 9.89. The molecule has 1 aliphatic heterocycles. The number of carbonyl (C=O) groups excluding carboxylic acids is 1. The predicted molar refractivity (Wildman–Crippen MR) is 73.2 cm³/mol. The second-order valence-electron chi connectivity index (χ2n) is 4.78. The van der Waals surface area contributed by atoms with Crippen molar-refractivity contribution < 1.29 is 9.53 Å². The number of carbonyl (C=O) groups is 1. The van der Waals surface area contributed by atoms with Crippen LogP contribution in [-0.2, 0) is 9.53 Å². The lowest BCUT2D eigenvalue weighted by Gasteiger charge is -2.17. The van der Waals surface area contributed by atoms with Gasteiger partial charge in [0.2, 0.25) is 5.91 Å². The molecule has 18 heavy (non-hydrogen) atoms. The van der Waals surface area contributed by atoms with Crippen molar-refractivity contribution in [1.82, 2.24) is 4.98 Å². The van der Waals surface area contributed by atoms with Crippen LogP contribution in [0.15, 0.2) is 22.8 Å². The maximum atomic E-state index is 12.2. The van der Waals surface area contributed by atoms with E-state index in [0.29, 0.717) is 5.82 Å². The van der Waals surface area contributed by atoms with E-state index in [9.17, 15) is 4.79 Å². The fourth-order valence-electron chi connectivity index (χ4n) is 2.40. The Bertz CT molecular complexity index is 452. The summed E-state index contributed by atoms with van der Waals surface area (Å²) in [6, 6.07) is 3.61. The molecule has 4 nitrogen and oxygen atoms in total. The number of aromatic nitrogens is 1. The van der Waals surface area contributed by atoms with Gasteiger partial charge in [0.1, 0.15) is 5.82 Å². The zero-order valence-electron chi connectivity index (χ0n) is 10.7. The summed E-state index contributed by atoms with van der Waals surface area (Å²) in [6.45, 7) is 6.00. The topological polar surface area (TPSA) is 51.2 Å². The van der Waals surface area contributed by atoms with E-state index >= 15 is 0 Å². The third-order valence-corrected chi connectivity index (χ3v) is 4.01. The van der Waals surface area contributed by atoms with E-state index in [1.54, 1.807) is 12.3 Å². The summed E-state index contributed by atoms with van der Waals surface area (Å²) in [6.07, 6.45) is 1.72. The molecule has 0 radical (unpaired) electrons. The first-order valence-electron chi connectivity index (χ1n) is 6.07. The van der Waals surface area contributed by atoms with E-state index in [-0.39, 0.29) is 30.0 Å². The minimum absolute atomic E-state index is 0.0232. The maximum Gasteiger partial charge on any atom is 0.231 e. The molecule has 1 amide bonds. The van der Waals surface area contributed by atoms with Crippen LogP contribution in [0.2, 0.25) is 0 Å². The van der Waals surface area contributed by atoms with Gasteiger partial charge in [-0.2, -0.15) is 0 Å². The molecule has 0 spiro atoms. The van der Waals surface area contributed by atoms with Crippen molar-refractivity contribution >= 4 is 27.7 Å². The average Bonchev–Trinajstić information content (AvgIpc) is 2.53. The number of amides is 1. The number of hydrogen-bond donors (Lipinski definition) is 1. The highest BCUT2D eigenvalue weighted by molar-refractivity contribution is 9.10. The molecule has 1 N–H and O–H groups in total. The Hall–Kier alpha value is -0.940. The number of nitrogens with one attached hydrogen (secondary N) is 1. The predicted octanol–water partition coefficient (Wildman–Crippen LogP) is 2.84. The smallest absolute Gasteiger partial charge is 0.231 e. The second kappa shape index (κ2) is 5.36. The molecular weight excluding hydrogens is 296 g/mol. The fraction of sp³-hybridized carbons (Fsp3) is 0.538. The van der Waals surface area contributed by atoms with Gasteiger partial charge in [-0.05, 0) is 31.9 Å². The van der Waals surface area contributed by atoms with Crippen molar-refractivity contribution in [2.75, 3.05) is 5.32 Å². The number of pyridine rings is 1. The maximum absolute atomic E-state index is 12.2. The SMILES string of the molecule is CC1OC(C)C(C(=O)Nc2cc(Br)ccn2)C1C. The molecular formula is C13H17BrN2O2. The molecule has 0 aromatic carbocycles. The van der Waals surface area contributed by atoms with Gasteiger partial charge in [0.15, 0.2) is 0 Å². The van der Waals surface area contributed by atoms with Gasteiger partial charge in [0.25, 0.3) is 0 Å². The minimum atomic E-state index is -0.124. The van der Waals surface area contributed by atoms with Crippen LogP contribution in [0.5, 0.6) is 0 Å². The Morgan fingerprint density at radius 1 is 1.39 bits per heavy atom. The molecule has 1 aromatic rings. The van der Waals surface area contributed by atoms with E-state index in [1.807, 2.05) is 26.8 Å². The van der Waals surface area contributed by atoms with Crippen molar-refractivity contribution in [3.05, 3.63) is 22.8 Å². The summed E-state index contributed by atoms with van der Waals surface area (Å²) in [5, 5.41) is 2.85. The highest BCUT2D eigenvalue weighted by atomic mass is 79.9. The van der Waals surface area contributed by atoms with E-state index in [4.69, 9.17) is 4.74 Å². The summed E-state index contributed by atoms with van der Waals surface area (Å²) in [5.74, 6) is 0.631. The van der Waals surface area contributed by atoms with Crippen molar-refractivity contribution in [1.29, 1.82) is 0 Å². The summed E-state index contributed by atoms with van der Waals surface area (Å²) >= 11 is 3.35. The number of hydrogen-bond acceptors (Lipinski definition) is 3. The van der Waals surface area contributed by atoms with Crippen LogP contribution in [-0.4, -0.2) is 23.1 Å². The molecule has 1 aliphatic rings.